The fourth-order valence-corrected chi connectivity index (χ4v) is 2.04. The molecule has 0 aliphatic rings. The molecule has 0 saturated heterocycles. The Morgan fingerprint density at radius 2 is 2.00 bits per heavy atom. The number of nitrogens with zero attached hydrogens (tertiary/aromatic N) is 1. The van der Waals surface area contributed by atoms with Crippen LogP contribution in [0.4, 0.5) is 0 Å². The Balaban J connectivity index is 1.53. The average molecular weight is 293 g/mol. The number of hydrogen-bond acceptors (Lipinski definition) is 3. The zero-order chi connectivity index (χ0) is 15.2. The third-order valence-corrected chi connectivity index (χ3v) is 3.11. The Morgan fingerprint density at radius 3 is 2.82 bits per heavy atom. The van der Waals surface area contributed by atoms with Crippen molar-refractivity contribution >= 4 is 22.9 Å². The largest absolute Gasteiger partial charge is 0.484 e. The summed E-state index contributed by atoms with van der Waals surface area (Å²) in [4.78, 5) is 14.6. The van der Waals surface area contributed by atoms with Crippen LogP contribution in [-0.2, 0) is 4.79 Å². The van der Waals surface area contributed by atoms with E-state index in [2.05, 4.69) is 15.5 Å². The highest BCUT2D eigenvalue weighted by Crippen LogP contribution is 2.20. The number of aromatic nitrogens is 1. The molecule has 2 N–H and O–H groups in total. The molecule has 0 fully saturated rings. The molecule has 0 unspecified atom stereocenters. The van der Waals surface area contributed by atoms with E-state index in [1.165, 1.54) is 6.21 Å². The monoisotopic (exact) mass is 293 g/mol. The van der Waals surface area contributed by atoms with E-state index in [0.717, 1.165) is 16.5 Å². The number of fused-ring (bicyclic) bond motifs is 1. The Labute approximate surface area is 127 Å². The maximum absolute atomic E-state index is 11.6. The second kappa shape index (κ2) is 6.58. The molecule has 0 atom stereocenters. The summed E-state index contributed by atoms with van der Waals surface area (Å²) in [5.41, 5.74) is 3.23. The Bertz CT molecular complexity index is 795. The average Bonchev–Trinajstić information content (AvgIpc) is 3.06. The van der Waals surface area contributed by atoms with E-state index < -0.39 is 0 Å². The zero-order valence-corrected chi connectivity index (χ0v) is 11.8. The number of H-pyrrole nitrogens is 1. The van der Waals surface area contributed by atoms with E-state index in [9.17, 15) is 4.79 Å². The summed E-state index contributed by atoms with van der Waals surface area (Å²) in [5, 5.41) is 6.05. The third-order valence-electron chi connectivity index (χ3n) is 3.11. The van der Waals surface area contributed by atoms with Crippen LogP contribution < -0.4 is 10.2 Å². The molecule has 0 bridgehead atoms. The van der Waals surface area contributed by atoms with Crippen molar-refractivity contribution in [1.29, 1.82) is 0 Å². The Hall–Kier alpha value is -3.08. The molecule has 0 saturated carbocycles. The minimum atomic E-state index is -0.309. The lowest BCUT2D eigenvalue weighted by atomic mass is 10.1. The van der Waals surface area contributed by atoms with E-state index in [0.29, 0.717) is 5.75 Å². The van der Waals surface area contributed by atoms with Crippen molar-refractivity contribution in [2.24, 2.45) is 5.10 Å². The minimum Gasteiger partial charge on any atom is -0.484 e. The molecule has 0 aliphatic carbocycles. The van der Waals surface area contributed by atoms with Gasteiger partial charge in [0, 0.05) is 6.20 Å². The topological polar surface area (TPSA) is 66.5 Å². The zero-order valence-electron chi connectivity index (χ0n) is 11.8. The predicted octanol–water partition coefficient (Wildman–Crippen LogP) is 2.70. The Kier molecular flexibility index (Phi) is 4.15. The predicted molar refractivity (Wildman–Crippen MR) is 86.0 cm³/mol. The summed E-state index contributed by atoms with van der Waals surface area (Å²) in [6, 6.07) is 17.4. The summed E-state index contributed by atoms with van der Waals surface area (Å²) < 4.78 is 5.47. The lowest BCUT2D eigenvalue weighted by Gasteiger charge is -2.06. The number of carbonyl (C=O) groups excluding carboxylic acids is 1. The first-order valence-corrected chi connectivity index (χ1v) is 6.88. The van der Waals surface area contributed by atoms with E-state index in [4.69, 9.17) is 4.74 Å². The summed E-state index contributed by atoms with van der Waals surface area (Å²) in [5.74, 6) is 0.346. The van der Waals surface area contributed by atoms with Crippen LogP contribution >= 0.6 is 0 Å². The summed E-state index contributed by atoms with van der Waals surface area (Å²) >= 11 is 0. The molecule has 22 heavy (non-hydrogen) atoms. The van der Waals surface area contributed by atoms with E-state index >= 15 is 0 Å². The number of hydrogen-bond donors (Lipinski definition) is 2. The van der Waals surface area contributed by atoms with Crippen LogP contribution in [0.15, 0.2) is 65.9 Å². The van der Waals surface area contributed by atoms with Crippen LogP contribution in [-0.4, -0.2) is 23.7 Å². The van der Waals surface area contributed by atoms with Crippen LogP contribution in [0.25, 0.3) is 10.8 Å². The molecule has 3 rings (SSSR count). The van der Waals surface area contributed by atoms with Crippen molar-refractivity contribution in [2.75, 3.05) is 6.61 Å². The maximum atomic E-state index is 11.6. The highest BCUT2D eigenvalue weighted by atomic mass is 16.5. The van der Waals surface area contributed by atoms with Gasteiger partial charge in [0.1, 0.15) is 5.75 Å². The van der Waals surface area contributed by atoms with Crippen molar-refractivity contribution in [3.05, 3.63) is 66.5 Å². The summed E-state index contributed by atoms with van der Waals surface area (Å²) in [6.45, 7) is -0.0829. The quantitative estimate of drug-likeness (QED) is 0.561. The van der Waals surface area contributed by atoms with Crippen LogP contribution in [0, 0.1) is 0 Å². The van der Waals surface area contributed by atoms with Crippen molar-refractivity contribution in [3.8, 4) is 5.75 Å². The number of rotatable bonds is 5. The smallest absolute Gasteiger partial charge is 0.277 e. The number of aromatic amines is 1. The molecule has 5 heteroatoms. The lowest BCUT2D eigenvalue weighted by Crippen LogP contribution is -2.24. The van der Waals surface area contributed by atoms with Crippen molar-refractivity contribution in [2.45, 2.75) is 0 Å². The van der Waals surface area contributed by atoms with Gasteiger partial charge < -0.3 is 9.72 Å². The molecular formula is C17H15N3O2. The highest BCUT2D eigenvalue weighted by Gasteiger charge is 2.02. The second-order valence-corrected chi connectivity index (χ2v) is 4.72. The molecule has 0 aliphatic heterocycles. The normalized spacial score (nSPS) is 10.9. The van der Waals surface area contributed by atoms with Crippen LogP contribution in [0.2, 0.25) is 0 Å². The van der Waals surface area contributed by atoms with Gasteiger partial charge in [-0.1, -0.05) is 30.3 Å². The molecule has 5 nitrogen and oxygen atoms in total. The number of amides is 1. The molecule has 1 amide bonds. The first-order chi connectivity index (χ1) is 10.8. The van der Waals surface area contributed by atoms with Gasteiger partial charge in [0.05, 0.1) is 11.9 Å². The summed E-state index contributed by atoms with van der Waals surface area (Å²) in [7, 11) is 0. The van der Waals surface area contributed by atoms with Gasteiger partial charge in [0.2, 0.25) is 0 Å². The van der Waals surface area contributed by atoms with Gasteiger partial charge >= 0.3 is 0 Å². The van der Waals surface area contributed by atoms with Crippen LogP contribution in [0.3, 0.4) is 0 Å². The van der Waals surface area contributed by atoms with Crippen LogP contribution in [0.1, 0.15) is 5.69 Å². The van der Waals surface area contributed by atoms with Gasteiger partial charge in [-0.05, 0) is 35.0 Å². The fourth-order valence-electron chi connectivity index (χ4n) is 2.04. The van der Waals surface area contributed by atoms with Gasteiger partial charge in [-0.25, -0.2) is 5.43 Å². The van der Waals surface area contributed by atoms with Gasteiger partial charge in [-0.2, -0.15) is 5.10 Å². The molecule has 3 aromatic rings. The molecular weight excluding hydrogens is 278 g/mol. The first kappa shape index (κ1) is 13.9. The molecule has 2 aromatic carbocycles. The maximum Gasteiger partial charge on any atom is 0.277 e. The molecule has 1 aromatic heterocycles. The Morgan fingerprint density at radius 1 is 1.14 bits per heavy atom. The minimum absolute atomic E-state index is 0.0829. The highest BCUT2D eigenvalue weighted by molar-refractivity contribution is 5.84. The third kappa shape index (κ3) is 3.52. The van der Waals surface area contributed by atoms with Gasteiger partial charge in [-0.15, -0.1) is 0 Å². The molecule has 1 heterocycles. The fraction of sp³-hybridized carbons (Fsp3) is 0.0588. The SMILES string of the molecule is O=C(COc1ccc2ccccc2c1)N/N=C\c1ccc[nH]1. The van der Waals surface area contributed by atoms with Crippen molar-refractivity contribution in [3.63, 3.8) is 0 Å². The van der Waals surface area contributed by atoms with Gasteiger partial charge in [0.15, 0.2) is 6.61 Å². The van der Waals surface area contributed by atoms with Crippen LogP contribution in [0.5, 0.6) is 5.75 Å². The number of ether oxygens (including phenoxy) is 1. The van der Waals surface area contributed by atoms with E-state index in [-0.39, 0.29) is 12.5 Å². The lowest BCUT2D eigenvalue weighted by molar-refractivity contribution is -0.123. The molecule has 0 spiro atoms. The second-order valence-electron chi connectivity index (χ2n) is 4.72. The molecule has 0 radical (unpaired) electrons. The standard InChI is InChI=1S/C17H15N3O2/c21-17(20-19-11-15-6-3-9-18-15)12-22-16-8-7-13-4-1-2-5-14(13)10-16/h1-11,18H,12H2,(H,20,21)/b19-11-. The number of nitrogens with one attached hydrogen (secondary N) is 2. The van der Waals surface area contributed by atoms with Crippen molar-refractivity contribution in [1.82, 2.24) is 10.4 Å². The number of benzene rings is 2. The first-order valence-electron chi connectivity index (χ1n) is 6.88. The van der Waals surface area contributed by atoms with Gasteiger partial charge in [0.25, 0.3) is 5.91 Å². The van der Waals surface area contributed by atoms with Gasteiger partial charge in [-0.3, -0.25) is 4.79 Å². The van der Waals surface area contributed by atoms with E-state index in [1.54, 1.807) is 6.20 Å². The number of hydrazone groups is 1. The van der Waals surface area contributed by atoms with Crippen molar-refractivity contribution < 1.29 is 9.53 Å². The number of carbonyl (C=O) groups is 1. The summed E-state index contributed by atoms with van der Waals surface area (Å²) in [6.07, 6.45) is 3.32. The molecule has 110 valence electrons. The van der Waals surface area contributed by atoms with E-state index in [1.807, 2.05) is 54.6 Å².